The van der Waals surface area contributed by atoms with Crippen molar-refractivity contribution in [2.45, 2.75) is 24.4 Å². The molecule has 17 nitrogen and oxygen atoms in total. The van der Waals surface area contributed by atoms with E-state index in [1.54, 1.807) is 0 Å². The van der Waals surface area contributed by atoms with Gasteiger partial charge in [0, 0.05) is 6.20 Å². The third-order valence-electron chi connectivity index (χ3n) is 3.42. The molecule has 1 saturated heterocycles. The van der Waals surface area contributed by atoms with Crippen LogP contribution < -0.4 is 11.2 Å². The van der Waals surface area contributed by atoms with Crippen LogP contribution in [0.5, 0.6) is 0 Å². The summed E-state index contributed by atoms with van der Waals surface area (Å²) in [6.07, 6.45) is -5.55. The van der Waals surface area contributed by atoms with Crippen LogP contribution in [-0.2, 0) is 31.6 Å². The Balaban J connectivity index is 2.09. The lowest BCUT2D eigenvalue weighted by atomic mass is 10.0. The standard InChI is InChI=1S/C9H14IN2O15P3/c10-12-1-3(8(15)11-9(12)16)7-6(14)5(13)4(25-7)2-24-29(20,21)27-30(22,23)26-28(17,18)19/h1,4-7,13-14H,2H2,(H,20,21)(H,22,23)(H,11,15,16)(H2,17,18,19)/t4-,5-,6-,7+/m1/s1. The zero-order valence-corrected chi connectivity index (χ0v) is 19.0. The number of phosphoric acid groups is 3. The molecular weight excluding hydrogens is 596 g/mol. The molecule has 0 aromatic carbocycles. The van der Waals surface area contributed by atoms with E-state index in [0.717, 1.165) is 8.98 Å². The maximum absolute atomic E-state index is 11.9. The Labute approximate surface area is 179 Å². The number of aliphatic hydroxyl groups is 2. The lowest BCUT2D eigenvalue weighted by Gasteiger charge is -2.19. The second-order valence-corrected chi connectivity index (χ2v) is 11.1. The Morgan fingerprint density at radius 2 is 1.67 bits per heavy atom. The number of nitrogens with zero attached hydrogens (tertiary/aromatic N) is 1. The van der Waals surface area contributed by atoms with Crippen molar-refractivity contribution in [2.24, 2.45) is 0 Å². The third kappa shape index (κ3) is 6.85. The van der Waals surface area contributed by atoms with Crippen LogP contribution in [-0.4, -0.2) is 62.5 Å². The lowest BCUT2D eigenvalue weighted by molar-refractivity contribution is -0.0227. The SMILES string of the molecule is O=c1[nH]c(=O)n(I)cc1[C@@H]1O[C@H](COP(=O)(O)OP(=O)(O)OP(=O)(O)O)[C@@H](O)[C@H]1O. The summed E-state index contributed by atoms with van der Waals surface area (Å²) < 4.78 is 51.0. The average molecular weight is 610 g/mol. The van der Waals surface area contributed by atoms with E-state index in [2.05, 4.69) is 13.1 Å². The van der Waals surface area contributed by atoms with E-state index in [1.165, 1.54) is 22.9 Å². The number of halogens is 1. The van der Waals surface area contributed by atoms with Crippen LogP contribution in [0, 0.1) is 0 Å². The second kappa shape index (κ2) is 9.29. The van der Waals surface area contributed by atoms with Crippen LogP contribution in [0.4, 0.5) is 0 Å². The first-order valence-corrected chi connectivity index (χ1v) is 12.8. The van der Waals surface area contributed by atoms with Gasteiger partial charge in [-0.15, -0.1) is 0 Å². The molecule has 0 amide bonds. The van der Waals surface area contributed by atoms with Gasteiger partial charge < -0.3 is 34.5 Å². The molecule has 0 spiro atoms. The Bertz CT molecular complexity index is 1050. The smallest absolute Gasteiger partial charge is 0.387 e. The monoisotopic (exact) mass is 610 g/mol. The molecule has 1 aromatic rings. The maximum Gasteiger partial charge on any atom is 0.490 e. The predicted molar refractivity (Wildman–Crippen MR) is 100 cm³/mol. The van der Waals surface area contributed by atoms with Gasteiger partial charge in [-0.3, -0.25) is 14.3 Å². The maximum atomic E-state index is 11.9. The quantitative estimate of drug-likeness (QED) is 0.127. The first kappa shape index (κ1) is 26.0. The molecule has 21 heteroatoms. The van der Waals surface area contributed by atoms with Crippen LogP contribution in [0.25, 0.3) is 0 Å². The fourth-order valence-electron chi connectivity index (χ4n) is 2.28. The third-order valence-corrected chi connectivity index (χ3v) is 7.94. The number of hydrogen-bond donors (Lipinski definition) is 7. The van der Waals surface area contributed by atoms with E-state index < -0.39 is 65.7 Å². The summed E-state index contributed by atoms with van der Waals surface area (Å²) in [4.78, 5) is 60.6. The molecule has 2 rings (SSSR count). The van der Waals surface area contributed by atoms with Crippen molar-refractivity contribution >= 4 is 46.3 Å². The number of rotatable bonds is 8. The van der Waals surface area contributed by atoms with Crippen molar-refractivity contribution < 1.29 is 61.4 Å². The molecule has 0 radical (unpaired) electrons. The van der Waals surface area contributed by atoms with Crippen LogP contribution in [0.1, 0.15) is 11.7 Å². The molecule has 1 fully saturated rings. The van der Waals surface area contributed by atoms with Gasteiger partial charge in [0.1, 0.15) is 24.4 Å². The minimum absolute atomic E-state index is 0.267. The van der Waals surface area contributed by atoms with E-state index in [9.17, 15) is 38.4 Å². The number of aliphatic hydroxyl groups excluding tert-OH is 2. The van der Waals surface area contributed by atoms with Gasteiger partial charge in [0.15, 0.2) is 0 Å². The van der Waals surface area contributed by atoms with Crippen molar-refractivity contribution in [3.63, 3.8) is 0 Å². The van der Waals surface area contributed by atoms with Crippen molar-refractivity contribution in [3.05, 3.63) is 32.6 Å². The van der Waals surface area contributed by atoms with Crippen molar-refractivity contribution in [2.75, 3.05) is 6.61 Å². The number of hydrogen-bond acceptors (Lipinski definition) is 11. The fourth-order valence-corrected chi connectivity index (χ4v) is 5.73. The first-order valence-electron chi connectivity index (χ1n) is 7.33. The molecule has 2 heterocycles. The number of nitrogens with one attached hydrogen (secondary N) is 1. The highest BCUT2D eigenvalue weighted by molar-refractivity contribution is 14.1. The lowest BCUT2D eigenvalue weighted by Crippen LogP contribution is -2.35. The van der Waals surface area contributed by atoms with Crippen molar-refractivity contribution in [1.29, 1.82) is 0 Å². The summed E-state index contributed by atoms with van der Waals surface area (Å²) >= 11 is 1.52. The summed E-state index contributed by atoms with van der Waals surface area (Å²) in [7, 11) is -16.8. The molecule has 0 aliphatic carbocycles. The molecule has 172 valence electrons. The van der Waals surface area contributed by atoms with E-state index in [1.807, 2.05) is 4.98 Å². The summed E-state index contributed by atoms with van der Waals surface area (Å²) in [6, 6.07) is 0. The second-order valence-electron chi connectivity index (χ2n) is 5.62. The summed E-state index contributed by atoms with van der Waals surface area (Å²) in [5.41, 5.74) is -1.98. The highest BCUT2D eigenvalue weighted by atomic mass is 127. The summed E-state index contributed by atoms with van der Waals surface area (Å²) in [5, 5.41) is 20.1. The summed E-state index contributed by atoms with van der Waals surface area (Å²) in [6.45, 7) is -1.04. The predicted octanol–water partition coefficient (Wildman–Crippen LogP) is -1.76. The Kier molecular flexibility index (Phi) is 8.03. The average Bonchev–Trinajstić information content (AvgIpc) is 2.81. The minimum atomic E-state index is -5.73. The molecule has 1 aliphatic rings. The number of aromatic nitrogens is 2. The van der Waals surface area contributed by atoms with Gasteiger partial charge in [-0.25, -0.2) is 21.3 Å². The molecule has 0 bridgehead atoms. The van der Waals surface area contributed by atoms with Gasteiger partial charge in [-0.2, -0.15) is 8.62 Å². The number of H-pyrrole nitrogens is 1. The molecule has 1 aromatic heterocycles. The van der Waals surface area contributed by atoms with Gasteiger partial charge >= 0.3 is 29.2 Å². The van der Waals surface area contributed by atoms with E-state index in [4.69, 9.17) is 19.4 Å². The van der Waals surface area contributed by atoms with E-state index in [0.29, 0.717) is 0 Å². The van der Waals surface area contributed by atoms with Crippen LogP contribution in [0.3, 0.4) is 0 Å². The van der Waals surface area contributed by atoms with E-state index in [-0.39, 0.29) is 5.56 Å². The zero-order chi connectivity index (χ0) is 23.1. The topological polar surface area (TPSA) is 264 Å². The highest BCUT2D eigenvalue weighted by Crippen LogP contribution is 2.66. The molecule has 0 saturated carbocycles. The number of ether oxygens (including phenoxy) is 1. The van der Waals surface area contributed by atoms with Gasteiger partial charge in [0.2, 0.25) is 0 Å². The Morgan fingerprint density at radius 3 is 2.23 bits per heavy atom. The highest BCUT2D eigenvalue weighted by Gasteiger charge is 2.47. The largest absolute Gasteiger partial charge is 0.490 e. The molecular formula is C9H14IN2O15P3. The van der Waals surface area contributed by atoms with Gasteiger partial charge in [0.25, 0.3) is 5.56 Å². The van der Waals surface area contributed by atoms with Crippen LogP contribution in [0.2, 0.25) is 0 Å². The van der Waals surface area contributed by atoms with Gasteiger partial charge in [-0.05, 0) is 0 Å². The number of phosphoric ester groups is 1. The fraction of sp³-hybridized carbons (Fsp3) is 0.556. The van der Waals surface area contributed by atoms with Crippen LogP contribution in [0.15, 0.2) is 15.8 Å². The Morgan fingerprint density at radius 1 is 1.07 bits per heavy atom. The minimum Gasteiger partial charge on any atom is -0.387 e. The van der Waals surface area contributed by atoms with Gasteiger partial charge in [-0.1, -0.05) is 0 Å². The molecule has 7 N–H and O–H groups in total. The van der Waals surface area contributed by atoms with Crippen molar-refractivity contribution in [1.82, 2.24) is 7.76 Å². The Hall–Kier alpha value is -0.300. The van der Waals surface area contributed by atoms with Crippen molar-refractivity contribution in [3.8, 4) is 0 Å². The zero-order valence-electron chi connectivity index (χ0n) is 14.1. The van der Waals surface area contributed by atoms with Crippen LogP contribution >= 0.6 is 46.3 Å². The van der Waals surface area contributed by atoms with Gasteiger partial charge in [0.05, 0.1) is 35.0 Å². The summed E-state index contributed by atoms with van der Waals surface area (Å²) in [5.74, 6) is 0. The normalized spacial score (nSPS) is 28.8. The molecule has 30 heavy (non-hydrogen) atoms. The first-order chi connectivity index (χ1) is 13.5. The molecule has 1 aliphatic heterocycles. The molecule has 2 unspecified atom stereocenters. The number of aromatic amines is 1. The molecule has 6 atom stereocenters. The van der Waals surface area contributed by atoms with E-state index >= 15 is 0 Å².